The number of aromatic nitrogens is 2. The third kappa shape index (κ3) is 2.86. The fourth-order valence-corrected chi connectivity index (χ4v) is 4.07. The van der Waals surface area contributed by atoms with Crippen LogP contribution >= 0.6 is 27.3 Å². The van der Waals surface area contributed by atoms with Crippen molar-refractivity contribution in [1.82, 2.24) is 10.2 Å². The molecule has 1 aromatic carbocycles. The molecule has 96 valence electrons. The highest BCUT2D eigenvalue weighted by Gasteiger charge is 2.19. The van der Waals surface area contributed by atoms with Crippen molar-refractivity contribution in [2.24, 2.45) is 0 Å². The monoisotopic (exact) mass is 349 g/mol. The highest BCUT2D eigenvalue weighted by Crippen LogP contribution is 2.25. The lowest BCUT2D eigenvalue weighted by Crippen LogP contribution is -2.13. The van der Waals surface area contributed by atoms with Crippen molar-refractivity contribution >= 4 is 42.4 Å². The van der Waals surface area contributed by atoms with Gasteiger partial charge in [0.1, 0.15) is 10.4 Å². The molecule has 0 radical (unpaired) electrons. The van der Waals surface area contributed by atoms with Crippen molar-refractivity contribution in [3.05, 3.63) is 33.7 Å². The maximum Gasteiger partial charge on any atom is 0.264 e. The first-order valence-electron chi connectivity index (χ1n) is 4.71. The zero-order chi connectivity index (χ0) is 13.2. The Morgan fingerprint density at radius 2 is 2.22 bits per heavy atom. The van der Waals surface area contributed by atoms with Crippen molar-refractivity contribution in [3.8, 4) is 0 Å². The minimum Gasteiger partial charge on any atom is -0.392 e. The number of sulfonamides is 1. The molecule has 0 aliphatic heterocycles. The van der Waals surface area contributed by atoms with E-state index in [0.717, 1.165) is 11.3 Å². The molecule has 0 saturated carbocycles. The van der Waals surface area contributed by atoms with E-state index in [1.807, 2.05) is 0 Å². The van der Waals surface area contributed by atoms with E-state index in [9.17, 15) is 8.42 Å². The predicted molar refractivity (Wildman–Crippen MR) is 70.8 cm³/mol. The van der Waals surface area contributed by atoms with Crippen LogP contribution in [0.2, 0.25) is 0 Å². The van der Waals surface area contributed by atoms with Crippen molar-refractivity contribution < 1.29 is 13.5 Å². The van der Waals surface area contributed by atoms with Gasteiger partial charge in [-0.2, -0.15) is 0 Å². The molecular formula is C9H8BrN3O3S2. The Morgan fingerprint density at radius 1 is 1.44 bits per heavy atom. The van der Waals surface area contributed by atoms with Gasteiger partial charge in [0.2, 0.25) is 5.13 Å². The molecule has 0 atom stereocenters. The van der Waals surface area contributed by atoms with Crippen LogP contribution in [0.3, 0.4) is 0 Å². The molecular weight excluding hydrogens is 342 g/mol. The summed E-state index contributed by atoms with van der Waals surface area (Å²) < 4.78 is 26.8. The first-order valence-corrected chi connectivity index (χ1v) is 7.87. The number of rotatable bonds is 4. The molecule has 0 aliphatic carbocycles. The van der Waals surface area contributed by atoms with Gasteiger partial charge in [-0.3, -0.25) is 4.72 Å². The fourth-order valence-electron chi connectivity index (χ4n) is 1.25. The van der Waals surface area contributed by atoms with Gasteiger partial charge in [-0.1, -0.05) is 17.4 Å². The van der Waals surface area contributed by atoms with Crippen molar-refractivity contribution in [1.29, 1.82) is 0 Å². The number of hydrogen-bond donors (Lipinski definition) is 2. The highest BCUT2D eigenvalue weighted by atomic mass is 79.9. The van der Waals surface area contributed by atoms with Crippen LogP contribution in [-0.4, -0.2) is 23.7 Å². The number of aliphatic hydroxyl groups excluding tert-OH is 1. The van der Waals surface area contributed by atoms with Crippen molar-refractivity contribution in [3.63, 3.8) is 0 Å². The van der Waals surface area contributed by atoms with Crippen molar-refractivity contribution in [2.75, 3.05) is 4.72 Å². The molecule has 0 saturated heterocycles. The fraction of sp³-hybridized carbons (Fsp3) is 0.111. The number of anilines is 1. The second kappa shape index (κ2) is 5.31. The number of hydrogen-bond acceptors (Lipinski definition) is 6. The highest BCUT2D eigenvalue weighted by molar-refractivity contribution is 9.10. The van der Waals surface area contributed by atoms with Crippen LogP contribution in [0.15, 0.2) is 33.1 Å². The number of aliphatic hydroxyl groups is 1. The van der Waals surface area contributed by atoms with Gasteiger partial charge in [-0.15, -0.1) is 10.2 Å². The topological polar surface area (TPSA) is 92.2 Å². The molecule has 18 heavy (non-hydrogen) atoms. The normalized spacial score (nSPS) is 11.4. The van der Waals surface area contributed by atoms with E-state index in [-0.39, 0.29) is 16.6 Å². The molecule has 0 bridgehead atoms. The molecule has 2 aromatic rings. The molecule has 0 fully saturated rings. The quantitative estimate of drug-likeness (QED) is 0.874. The van der Waals surface area contributed by atoms with Gasteiger partial charge < -0.3 is 5.11 Å². The zero-order valence-electron chi connectivity index (χ0n) is 8.87. The zero-order valence-corrected chi connectivity index (χ0v) is 12.1. The van der Waals surface area contributed by atoms with Gasteiger partial charge in [-0.25, -0.2) is 8.42 Å². The number of benzene rings is 1. The maximum absolute atomic E-state index is 12.1. The van der Waals surface area contributed by atoms with Crippen molar-refractivity contribution in [2.45, 2.75) is 11.5 Å². The lowest BCUT2D eigenvalue weighted by molar-refractivity contribution is 0.281. The van der Waals surface area contributed by atoms with Gasteiger partial charge >= 0.3 is 0 Å². The Labute approximate surface area is 116 Å². The summed E-state index contributed by atoms with van der Waals surface area (Å²) in [7, 11) is -3.71. The Kier molecular flexibility index (Phi) is 3.95. The lowest BCUT2D eigenvalue weighted by atomic mass is 10.2. The van der Waals surface area contributed by atoms with E-state index < -0.39 is 10.0 Å². The molecule has 2 rings (SSSR count). The summed E-state index contributed by atoms with van der Waals surface area (Å²) in [6.07, 6.45) is 0. The summed E-state index contributed by atoms with van der Waals surface area (Å²) in [6, 6.07) is 4.51. The van der Waals surface area contributed by atoms with Gasteiger partial charge in [0.05, 0.1) is 6.61 Å². The van der Waals surface area contributed by atoms with E-state index in [4.69, 9.17) is 5.11 Å². The van der Waals surface area contributed by atoms with Crippen LogP contribution in [0.5, 0.6) is 0 Å². The number of nitrogens with zero attached hydrogens (tertiary/aromatic N) is 2. The number of nitrogens with one attached hydrogen (secondary N) is 1. The first kappa shape index (κ1) is 13.4. The van der Waals surface area contributed by atoms with E-state index >= 15 is 0 Å². The largest absolute Gasteiger partial charge is 0.392 e. The Balaban J connectivity index is 2.35. The minimum absolute atomic E-state index is 0.0786. The standard InChI is InChI=1S/C9H8BrN3O3S2/c10-7-3-6(4-14)1-2-8(7)18(15,16)13-9-12-11-5-17-9/h1-3,5,14H,4H2,(H,12,13). The Bertz CT molecular complexity index is 643. The lowest BCUT2D eigenvalue weighted by Gasteiger charge is -2.07. The van der Waals surface area contributed by atoms with E-state index in [1.165, 1.54) is 11.6 Å². The summed E-state index contributed by atoms with van der Waals surface area (Å²) >= 11 is 4.26. The summed E-state index contributed by atoms with van der Waals surface area (Å²) in [6.45, 7) is -0.150. The van der Waals surface area contributed by atoms with Gasteiger partial charge in [0, 0.05) is 4.47 Å². The molecule has 0 amide bonds. The minimum atomic E-state index is -3.71. The molecule has 1 aromatic heterocycles. The smallest absolute Gasteiger partial charge is 0.264 e. The van der Waals surface area contributed by atoms with Crippen LogP contribution in [0.1, 0.15) is 5.56 Å². The van der Waals surface area contributed by atoms with Crippen LogP contribution in [0.4, 0.5) is 5.13 Å². The SMILES string of the molecule is O=S(=O)(Nc1nncs1)c1ccc(CO)cc1Br. The summed E-state index contributed by atoms with van der Waals surface area (Å²) in [5, 5.41) is 16.3. The summed E-state index contributed by atoms with van der Waals surface area (Å²) in [5.74, 6) is 0. The molecule has 0 spiro atoms. The summed E-state index contributed by atoms with van der Waals surface area (Å²) in [4.78, 5) is 0.0786. The van der Waals surface area contributed by atoms with Gasteiger partial charge in [-0.05, 0) is 33.6 Å². The molecule has 0 unspecified atom stereocenters. The second-order valence-corrected chi connectivity index (χ2v) is 6.61. The van der Waals surface area contributed by atoms with Gasteiger partial charge in [0.15, 0.2) is 0 Å². The molecule has 1 heterocycles. The van der Waals surface area contributed by atoms with Gasteiger partial charge in [0.25, 0.3) is 10.0 Å². The number of halogens is 1. The van der Waals surface area contributed by atoms with E-state index in [0.29, 0.717) is 10.0 Å². The third-order valence-electron chi connectivity index (χ3n) is 2.05. The Morgan fingerprint density at radius 3 is 2.78 bits per heavy atom. The average molecular weight is 350 g/mol. The average Bonchev–Trinajstić information content (AvgIpc) is 2.80. The van der Waals surface area contributed by atoms with E-state index in [2.05, 4.69) is 30.8 Å². The molecule has 0 aliphatic rings. The van der Waals surface area contributed by atoms with Crippen LogP contribution in [0, 0.1) is 0 Å². The molecule has 9 heteroatoms. The Hall–Kier alpha value is -1.03. The van der Waals surface area contributed by atoms with Crippen LogP contribution < -0.4 is 4.72 Å². The molecule has 6 nitrogen and oxygen atoms in total. The predicted octanol–water partition coefficient (Wildman–Crippen LogP) is 1.59. The van der Waals surface area contributed by atoms with E-state index in [1.54, 1.807) is 12.1 Å². The third-order valence-corrected chi connectivity index (χ3v) is 5.10. The maximum atomic E-state index is 12.1. The molecule has 2 N–H and O–H groups in total. The summed E-state index contributed by atoms with van der Waals surface area (Å²) in [5.41, 5.74) is 2.05. The van der Waals surface area contributed by atoms with Crippen LogP contribution in [0.25, 0.3) is 0 Å². The first-order chi connectivity index (χ1) is 8.53. The second-order valence-electron chi connectivity index (χ2n) is 3.27. The van der Waals surface area contributed by atoms with Crippen LogP contribution in [-0.2, 0) is 16.6 Å².